The number of rotatable bonds is 5. The first kappa shape index (κ1) is 20.3. The van der Waals surface area contributed by atoms with Gasteiger partial charge in [0.1, 0.15) is 10.9 Å². The molecule has 148 valence electrons. The van der Waals surface area contributed by atoms with E-state index in [1.165, 1.54) is 11.8 Å². The number of thioether (sulfide) groups is 1. The zero-order chi connectivity index (χ0) is 20.3. The molecule has 2 aromatic rings. The number of hydrogen-bond donors (Lipinski definition) is 1. The van der Waals surface area contributed by atoms with Gasteiger partial charge in [0.2, 0.25) is 0 Å². The first-order valence-electron chi connectivity index (χ1n) is 9.54. The largest absolute Gasteiger partial charge is 0.339 e. The van der Waals surface area contributed by atoms with E-state index in [-0.39, 0.29) is 17.7 Å². The van der Waals surface area contributed by atoms with Crippen LogP contribution in [0.25, 0.3) is 0 Å². The van der Waals surface area contributed by atoms with Gasteiger partial charge in [-0.15, -0.1) is 11.8 Å². The topological polar surface area (TPSA) is 75.2 Å². The lowest BCUT2D eigenvalue weighted by Gasteiger charge is -2.16. The Bertz CT molecular complexity index is 892. The second kappa shape index (κ2) is 8.73. The lowest BCUT2D eigenvalue weighted by atomic mass is 10.1. The molecule has 0 atom stereocenters. The number of aromatic nitrogens is 2. The standard InChI is InChI=1S/C21H26N4O2S/c1-13(2)18-22-14(3)17(20(24-18)28-4)19(26)23-16-9-7-8-15(12-16)21(27)25-10-5-6-11-25/h7-9,12-13H,5-6,10-11H2,1-4H3,(H,23,26). The van der Waals surface area contributed by atoms with Crippen LogP contribution < -0.4 is 5.32 Å². The molecule has 0 radical (unpaired) electrons. The smallest absolute Gasteiger partial charge is 0.260 e. The minimum absolute atomic E-state index is 0.0131. The van der Waals surface area contributed by atoms with Crippen molar-refractivity contribution in [1.82, 2.24) is 14.9 Å². The van der Waals surface area contributed by atoms with Crippen LogP contribution in [0.3, 0.4) is 0 Å². The van der Waals surface area contributed by atoms with Crippen LogP contribution in [0.4, 0.5) is 5.69 Å². The Morgan fingerprint density at radius 2 is 1.89 bits per heavy atom. The van der Waals surface area contributed by atoms with E-state index >= 15 is 0 Å². The molecule has 1 aromatic heterocycles. The molecule has 0 unspecified atom stereocenters. The van der Waals surface area contributed by atoms with Gasteiger partial charge >= 0.3 is 0 Å². The quantitative estimate of drug-likeness (QED) is 0.606. The van der Waals surface area contributed by atoms with Gasteiger partial charge in [-0.25, -0.2) is 9.97 Å². The third-order valence-electron chi connectivity index (χ3n) is 4.77. The van der Waals surface area contributed by atoms with E-state index in [2.05, 4.69) is 15.3 Å². The van der Waals surface area contributed by atoms with Gasteiger partial charge < -0.3 is 10.2 Å². The third kappa shape index (κ3) is 4.35. The summed E-state index contributed by atoms with van der Waals surface area (Å²) in [7, 11) is 0. The fourth-order valence-electron chi connectivity index (χ4n) is 3.26. The van der Waals surface area contributed by atoms with Crippen molar-refractivity contribution in [2.24, 2.45) is 0 Å². The first-order valence-corrected chi connectivity index (χ1v) is 10.8. The van der Waals surface area contributed by atoms with Crippen molar-refractivity contribution < 1.29 is 9.59 Å². The van der Waals surface area contributed by atoms with Crippen molar-refractivity contribution >= 4 is 29.3 Å². The van der Waals surface area contributed by atoms with Gasteiger partial charge in [0.05, 0.1) is 11.3 Å². The molecule has 0 aliphatic carbocycles. The van der Waals surface area contributed by atoms with Crippen LogP contribution >= 0.6 is 11.8 Å². The van der Waals surface area contributed by atoms with Crippen molar-refractivity contribution in [3.8, 4) is 0 Å². The summed E-state index contributed by atoms with van der Waals surface area (Å²) in [4.78, 5) is 36.4. The van der Waals surface area contributed by atoms with Crippen molar-refractivity contribution in [2.45, 2.75) is 44.6 Å². The van der Waals surface area contributed by atoms with E-state index in [4.69, 9.17) is 0 Å². The molecule has 2 heterocycles. The summed E-state index contributed by atoms with van der Waals surface area (Å²) in [6, 6.07) is 7.10. The Balaban J connectivity index is 1.83. The zero-order valence-electron chi connectivity index (χ0n) is 16.8. The van der Waals surface area contributed by atoms with Crippen molar-refractivity contribution in [1.29, 1.82) is 0 Å². The Kier molecular flexibility index (Phi) is 6.34. The summed E-state index contributed by atoms with van der Waals surface area (Å²) in [6.45, 7) is 7.48. The van der Waals surface area contributed by atoms with Gasteiger partial charge in [-0.3, -0.25) is 9.59 Å². The zero-order valence-corrected chi connectivity index (χ0v) is 17.6. The van der Waals surface area contributed by atoms with Crippen LogP contribution in [-0.2, 0) is 0 Å². The molecule has 1 fully saturated rings. The molecular formula is C21H26N4O2S. The highest BCUT2D eigenvalue weighted by atomic mass is 32.2. The van der Waals surface area contributed by atoms with E-state index in [1.54, 1.807) is 24.3 Å². The molecule has 1 N–H and O–H groups in total. The number of carbonyl (C=O) groups excluding carboxylic acids is 2. The highest BCUT2D eigenvalue weighted by molar-refractivity contribution is 7.98. The normalized spacial score (nSPS) is 13.8. The van der Waals surface area contributed by atoms with Crippen LogP contribution in [0, 0.1) is 6.92 Å². The molecule has 1 saturated heterocycles. The average molecular weight is 399 g/mol. The van der Waals surface area contributed by atoms with Crippen molar-refractivity contribution in [2.75, 3.05) is 24.7 Å². The predicted octanol–water partition coefficient (Wildman–Crippen LogP) is 4.12. The summed E-state index contributed by atoms with van der Waals surface area (Å²) in [5.41, 5.74) is 2.32. The minimum Gasteiger partial charge on any atom is -0.339 e. The SMILES string of the molecule is CSc1nc(C(C)C)nc(C)c1C(=O)Nc1cccc(C(=O)N2CCCC2)c1. The van der Waals surface area contributed by atoms with E-state index in [0.717, 1.165) is 31.8 Å². The Morgan fingerprint density at radius 3 is 2.54 bits per heavy atom. The second-order valence-electron chi connectivity index (χ2n) is 7.24. The fraction of sp³-hybridized carbons (Fsp3) is 0.429. The van der Waals surface area contributed by atoms with E-state index < -0.39 is 0 Å². The Morgan fingerprint density at radius 1 is 1.18 bits per heavy atom. The van der Waals surface area contributed by atoms with Crippen LogP contribution in [-0.4, -0.2) is 46.0 Å². The summed E-state index contributed by atoms with van der Waals surface area (Å²) in [5.74, 6) is 0.675. The number of anilines is 1. The first-order chi connectivity index (χ1) is 13.4. The highest BCUT2D eigenvalue weighted by Crippen LogP contribution is 2.24. The number of carbonyl (C=O) groups is 2. The number of amides is 2. The van der Waals surface area contributed by atoms with Crippen LogP contribution in [0.1, 0.15) is 64.8 Å². The summed E-state index contributed by atoms with van der Waals surface area (Å²) in [5, 5.41) is 3.57. The molecule has 3 rings (SSSR count). The Labute approximate surface area is 170 Å². The van der Waals surface area contributed by atoms with Gasteiger partial charge in [0.15, 0.2) is 0 Å². The second-order valence-corrected chi connectivity index (χ2v) is 8.04. The fourth-order valence-corrected chi connectivity index (χ4v) is 3.89. The van der Waals surface area contributed by atoms with Gasteiger partial charge in [-0.2, -0.15) is 0 Å². The molecule has 1 aliphatic rings. The van der Waals surface area contributed by atoms with E-state index in [0.29, 0.717) is 27.5 Å². The molecule has 0 saturated carbocycles. The maximum atomic E-state index is 12.9. The summed E-state index contributed by atoms with van der Waals surface area (Å²) < 4.78 is 0. The van der Waals surface area contributed by atoms with Gasteiger partial charge in [0, 0.05) is 30.3 Å². The van der Waals surface area contributed by atoms with E-state index in [9.17, 15) is 9.59 Å². The lowest BCUT2D eigenvalue weighted by molar-refractivity contribution is 0.0792. The monoisotopic (exact) mass is 398 g/mol. The number of nitrogens with one attached hydrogen (secondary N) is 1. The number of likely N-dealkylation sites (tertiary alicyclic amines) is 1. The van der Waals surface area contributed by atoms with Crippen LogP contribution in [0.5, 0.6) is 0 Å². The number of hydrogen-bond acceptors (Lipinski definition) is 5. The van der Waals surface area contributed by atoms with E-state index in [1.807, 2.05) is 31.9 Å². The van der Waals surface area contributed by atoms with Gasteiger partial charge in [-0.1, -0.05) is 19.9 Å². The van der Waals surface area contributed by atoms with Crippen LogP contribution in [0.15, 0.2) is 29.3 Å². The highest BCUT2D eigenvalue weighted by Gasteiger charge is 2.22. The Hall–Kier alpha value is -2.41. The molecule has 1 aromatic carbocycles. The molecule has 0 bridgehead atoms. The van der Waals surface area contributed by atoms with Crippen molar-refractivity contribution in [3.05, 3.63) is 46.9 Å². The van der Waals surface area contributed by atoms with Gasteiger partial charge in [0.25, 0.3) is 11.8 Å². The van der Waals surface area contributed by atoms with Crippen LogP contribution in [0.2, 0.25) is 0 Å². The maximum Gasteiger partial charge on any atom is 0.260 e. The molecule has 1 aliphatic heterocycles. The molecule has 0 spiro atoms. The summed E-state index contributed by atoms with van der Waals surface area (Å²) in [6.07, 6.45) is 3.99. The van der Waals surface area contributed by atoms with Crippen molar-refractivity contribution in [3.63, 3.8) is 0 Å². The predicted molar refractivity (Wildman–Crippen MR) is 112 cm³/mol. The average Bonchev–Trinajstić information content (AvgIpc) is 3.21. The summed E-state index contributed by atoms with van der Waals surface area (Å²) >= 11 is 1.43. The molecule has 7 heteroatoms. The maximum absolute atomic E-state index is 12.9. The lowest BCUT2D eigenvalue weighted by Crippen LogP contribution is -2.27. The molecule has 2 amide bonds. The minimum atomic E-state index is -0.261. The molecular weight excluding hydrogens is 372 g/mol. The number of nitrogens with zero attached hydrogens (tertiary/aromatic N) is 3. The number of benzene rings is 1. The van der Waals surface area contributed by atoms with Gasteiger partial charge in [-0.05, 0) is 44.2 Å². The molecule has 28 heavy (non-hydrogen) atoms. The molecule has 6 nitrogen and oxygen atoms in total. The number of aryl methyl sites for hydroxylation is 1. The third-order valence-corrected chi connectivity index (χ3v) is 5.45.